The number of esters is 1. The zero-order chi connectivity index (χ0) is 24.3. The van der Waals surface area contributed by atoms with Crippen molar-refractivity contribution in [2.75, 3.05) is 13.2 Å². The van der Waals surface area contributed by atoms with E-state index >= 15 is 0 Å². The van der Waals surface area contributed by atoms with Gasteiger partial charge in [0, 0.05) is 11.6 Å². The Balaban J connectivity index is 1.92. The van der Waals surface area contributed by atoms with E-state index in [0.29, 0.717) is 16.5 Å². The molecule has 0 aliphatic heterocycles. The summed E-state index contributed by atoms with van der Waals surface area (Å²) < 4.78 is 95.1. The van der Waals surface area contributed by atoms with Crippen LogP contribution < -0.4 is 4.74 Å². The first-order valence-corrected chi connectivity index (χ1v) is 11.3. The van der Waals surface area contributed by atoms with Gasteiger partial charge in [-0.15, -0.1) is 0 Å². The van der Waals surface area contributed by atoms with Gasteiger partial charge in [0.1, 0.15) is 0 Å². The zero-order valence-electron chi connectivity index (χ0n) is 17.3. The van der Waals surface area contributed by atoms with Gasteiger partial charge in [0.05, 0.1) is 30.6 Å². The Labute approximate surface area is 184 Å². The lowest BCUT2D eigenvalue weighted by Crippen LogP contribution is -2.13. The average molecular weight is 489 g/mol. The van der Waals surface area contributed by atoms with Crippen LogP contribution >= 0.6 is 7.60 Å². The lowest BCUT2D eigenvalue weighted by atomic mass is 10.1. The van der Waals surface area contributed by atoms with E-state index in [9.17, 15) is 31.3 Å². The number of hydrogen-bond acceptors (Lipinski definition) is 6. The number of pyridine rings is 1. The molecular weight excluding hydrogens is 472 g/mol. The van der Waals surface area contributed by atoms with Gasteiger partial charge in [-0.1, -0.05) is 6.07 Å². The van der Waals surface area contributed by atoms with Crippen molar-refractivity contribution in [2.24, 2.45) is 0 Å². The molecule has 0 amide bonds. The highest BCUT2D eigenvalue weighted by Crippen LogP contribution is 2.51. The number of rotatable bonds is 8. The second-order valence-electron chi connectivity index (χ2n) is 6.63. The van der Waals surface area contributed by atoms with Gasteiger partial charge in [-0.25, -0.2) is 18.0 Å². The van der Waals surface area contributed by atoms with Crippen LogP contribution in [0.2, 0.25) is 0 Å². The second kappa shape index (κ2) is 9.94. The topological polar surface area (TPSA) is 74.7 Å². The number of nitrogens with zero attached hydrogens (tertiary/aromatic N) is 1. The Hall–Kier alpha value is -2.88. The van der Waals surface area contributed by atoms with Crippen molar-refractivity contribution in [1.82, 2.24) is 4.98 Å². The minimum atomic E-state index is -3.46. The van der Waals surface area contributed by atoms with Crippen molar-refractivity contribution in [2.45, 2.75) is 20.0 Å². The summed E-state index contributed by atoms with van der Waals surface area (Å²) in [6.07, 6.45) is 1.29. The van der Waals surface area contributed by atoms with Gasteiger partial charge in [0.25, 0.3) is 0 Å². The molecule has 0 aliphatic rings. The molecule has 2 aromatic carbocycles. The van der Waals surface area contributed by atoms with Crippen LogP contribution in [-0.2, 0) is 19.8 Å². The minimum Gasteiger partial charge on any atom is -0.416 e. The summed E-state index contributed by atoms with van der Waals surface area (Å²) >= 11 is 0. The Kier molecular flexibility index (Phi) is 7.46. The van der Waals surface area contributed by atoms with Gasteiger partial charge < -0.3 is 13.8 Å². The molecule has 0 radical (unpaired) electrons. The van der Waals surface area contributed by atoms with Crippen molar-refractivity contribution in [3.63, 3.8) is 0 Å². The van der Waals surface area contributed by atoms with Gasteiger partial charge in [-0.3, -0.25) is 9.55 Å². The minimum absolute atomic E-state index is 0.149. The van der Waals surface area contributed by atoms with Crippen molar-refractivity contribution in [3.8, 4) is 5.75 Å². The molecule has 33 heavy (non-hydrogen) atoms. The number of ether oxygens (including phenoxy) is 1. The van der Waals surface area contributed by atoms with Gasteiger partial charge in [-0.2, -0.15) is 8.78 Å². The van der Waals surface area contributed by atoms with Crippen LogP contribution in [0, 0.1) is 29.1 Å². The molecule has 12 heteroatoms. The van der Waals surface area contributed by atoms with E-state index in [1.807, 2.05) is 0 Å². The summed E-state index contributed by atoms with van der Waals surface area (Å²) in [5.74, 6) is -14.4. The molecule has 1 heterocycles. The zero-order valence-corrected chi connectivity index (χ0v) is 18.2. The number of carbonyl (C=O) groups excluding carboxylic acids is 1. The van der Waals surface area contributed by atoms with E-state index in [1.54, 1.807) is 13.8 Å². The van der Waals surface area contributed by atoms with E-state index in [1.165, 1.54) is 30.5 Å². The molecule has 3 rings (SSSR count). The Morgan fingerprint density at radius 2 is 1.45 bits per heavy atom. The number of fused-ring (bicyclic) bond motifs is 1. The van der Waals surface area contributed by atoms with Gasteiger partial charge >= 0.3 is 13.6 Å². The fourth-order valence-corrected chi connectivity index (χ4v) is 4.56. The van der Waals surface area contributed by atoms with Crippen molar-refractivity contribution < 1.29 is 45.1 Å². The van der Waals surface area contributed by atoms with E-state index in [-0.39, 0.29) is 24.9 Å². The van der Waals surface area contributed by atoms with Crippen molar-refractivity contribution >= 4 is 24.3 Å². The lowest BCUT2D eigenvalue weighted by Gasteiger charge is -2.16. The Morgan fingerprint density at radius 3 is 2.03 bits per heavy atom. The van der Waals surface area contributed by atoms with E-state index in [4.69, 9.17) is 9.05 Å². The summed E-state index contributed by atoms with van der Waals surface area (Å²) in [7, 11) is -3.46. The fraction of sp³-hybridized carbons (Fsp3) is 0.238. The van der Waals surface area contributed by atoms with Crippen LogP contribution in [0.25, 0.3) is 10.8 Å². The number of aromatic nitrogens is 1. The third kappa shape index (κ3) is 5.21. The number of halogens is 5. The summed E-state index contributed by atoms with van der Waals surface area (Å²) in [4.78, 5) is 16.5. The Morgan fingerprint density at radius 1 is 0.879 bits per heavy atom. The maximum absolute atomic E-state index is 13.8. The third-order valence-corrected chi connectivity index (χ3v) is 6.40. The molecule has 0 bridgehead atoms. The standard InChI is InChI=1S/C21H17F5NO5P/c1-3-30-33(29,31-4-2)10-14-8-13-7-11(5-6-12(13)9-27-14)21(28)32-20-18(25)16(23)15(22)17(24)19(20)26/h5-9H,3-4,10H2,1-2H3. The number of carbonyl (C=O) groups is 1. The Bertz CT molecular complexity index is 1230. The normalized spacial score (nSPS) is 11.7. The number of hydrogen-bond donors (Lipinski definition) is 0. The highest BCUT2D eigenvalue weighted by Gasteiger charge is 2.29. The maximum atomic E-state index is 13.8. The van der Waals surface area contributed by atoms with E-state index in [0.717, 1.165) is 0 Å². The number of benzene rings is 2. The quantitative estimate of drug-likeness (QED) is 0.0978. The molecule has 3 aromatic rings. The van der Waals surface area contributed by atoms with Crippen LogP contribution in [0.3, 0.4) is 0 Å². The first kappa shape index (κ1) is 24.8. The summed E-state index contributed by atoms with van der Waals surface area (Å²) in [6, 6.07) is 5.42. The highest BCUT2D eigenvalue weighted by atomic mass is 31.2. The average Bonchev–Trinajstić information content (AvgIpc) is 2.78. The summed E-state index contributed by atoms with van der Waals surface area (Å²) in [5, 5.41) is 0.959. The van der Waals surface area contributed by atoms with E-state index < -0.39 is 48.4 Å². The molecule has 1 aromatic heterocycles. The largest absolute Gasteiger partial charge is 0.416 e. The molecule has 0 spiro atoms. The molecule has 6 nitrogen and oxygen atoms in total. The van der Waals surface area contributed by atoms with Gasteiger partial charge in [0.15, 0.2) is 0 Å². The fourth-order valence-electron chi connectivity index (χ4n) is 2.95. The summed E-state index contributed by atoms with van der Waals surface area (Å²) in [6.45, 7) is 3.61. The second-order valence-corrected chi connectivity index (χ2v) is 8.69. The third-order valence-electron chi connectivity index (χ3n) is 4.39. The molecule has 0 saturated heterocycles. The molecular formula is C21H17F5NO5P. The molecule has 0 fully saturated rings. The molecule has 0 saturated carbocycles. The molecule has 176 valence electrons. The van der Waals surface area contributed by atoms with E-state index in [2.05, 4.69) is 9.72 Å². The van der Waals surface area contributed by atoms with Crippen LogP contribution in [0.15, 0.2) is 30.5 Å². The van der Waals surface area contributed by atoms with Crippen molar-refractivity contribution in [1.29, 1.82) is 0 Å². The van der Waals surface area contributed by atoms with Crippen LogP contribution in [0.5, 0.6) is 5.75 Å². The maximum Gasteiger partial charge on any atom is 0.343 e. The molecule has 0 unspecified atom stereocenters. The van der Waals surface area contributed by atoms with Crippen LogP contribution in [-0.4, -0.2) is 24.2 Å². The van der Waals surface area contributed by atoms with Crippen molar-refractivity contribution in [3.05, 3.63) is 70.8 Å². The molecule has 0 aliphatic carbocycles. The first-order chi connectivity index (χ1) is 15.6. The van der Waals surface area contributed by atoms with Crippen LogP contribution in [0.4, 0.5) is 22.0 Å². The monoisotopic (exact) mass is 489 g/mol. The predicted molar refractivity (Wildman–Crippen MR) is 107 cm³/mol. The predicted octanol–water partition coefficient (Wildman–Crippen LogP) is 5.92. The van der Waals surface area contributed by atoms with Gasteiger partial charge in [0.2, 0.25) is 34.8 Å². The van der Waals surface area contributed by atoms with Gasteiger partial charge in [-0.05, 0) is 37.4 Å². The van der Waals surface area contributed by atoms with Crippen LogP contribution in [0.1, 0.15) is 29.9 Å². The highest BCUT2D eigenvalue weighted by molar-refractivity contribution is 7.53. The molecule has 0 N–H and O–H groups in total. The lowest BCUT2D eigenvalue weighted by molar-refractivity contribution is 0.0716. The summed E-state index contributed by atoms with van der Waals surface area (Å²) in [5.41, 5.74) is 0.0828. The first-order valence-electron chi connectivity index (χ1n) is 9.60. The molecule has 0 atom stereocenters. The smallest absolute Gasteiger partial charge is 0.343 e. The SMILES string of the molecule is CCOP(=O)(Cc1cc2cc(C(=O)Oc3c(F)c(F)c(F)c(F)c3F)ccc2cn1)OCC.